The molecule has 0 nitrogen and oxygen atoms in total. The molecule has 0 radical (unpaired) electrons. The summed E-state index contributed by atoms with van der Waals surface area (Å²) in [6.45, 7) is 10.1. The molecular formula is C31H48Si. The van der Waals surface area contributed by atoms with Crippen LogP contribution in [0, 0.1) is 23.7 Å². The average Bonchev–Trinajstić information content (AvgIpc) is 2.94. The first-order chi connectivity index (χ1) is 15.5. The monoisotopic (exact) mass is 448 g/mol. The molecule has 176 valence electrons. The van der Waals surface area contributed by atoms with Gasteiger partial charge in [-0.15, -0.1) is 0 Å². The van der Waals surface area contributed by atoms with Gasteiger partial charge in [-0.2, -0.15) is 0 Å². The zero-order chi connectivity index (χ0) is 22.8. The van der Waals surface area contributed by atoms with Crippen molar-refractivity contribution in [2.75, 3.05) is 0 Å². The predicted octanol–water partition coefficient (Wildman–Crippen LogP) is 9.76. The van der Waals surface area contributed by atoms with Crippen molar-refractivity contribution in [1.82, 2.24) is 0 Å². The van der Waals surface area contributed by atoms with E-state index in [9.17, 15) is 0 Å². The van der Waals surface area contributed by atoms with Crippen LogP contribution in [0.5, 0.6) is 0 Å². The molecule has 0 aromatic rings. The largest absolute Gasteiger partial charge is 0.0776 e. The van der Waals surface area contributed by atoms with Gasteiger partial charge in [-0.05, 0) is 43.4 Å². The van der Waals surface area contributed by atoms with E-state index in [4.69, 9.17) is 0 Å². The number of rotatable bonds is 13. The Morgan fingerprint density at radius 1 is 0.625 bits per heavy atom. The van der Waals surface area contributed by atoms with Gasteiger partial charge in [0, 0.05) is 5.92 Å². The van der Waals surface area contributed by atoms with Crippen molar-refractivity contribution in [3.05, 3.63) is 71.5 Å². The first-order valence-electron chi connectivity index (χ1n) is 13.6. The van der Waals surface area contributed by atoms with Crippen molar-refractivity contribution < 1.29 is 0 Å². The number of hydrogen-bond donors (Lipinski definition) is 0. The smallest absolute Gasteiger partial charge is 0.0732 e. The molecule has 0 saturated heterocycles. The molecule has 2 bridgehead atoms. The maximum absolute atomic E-state index is 2.59. The highest BCUT2D eigenvalue weighted by Crippen LogP contribution is 2.51. The molecule has 3 atom stereocenters. The third kappa shape index (κ3) is 7.08. The second-order valence-electron chi connectivity index (χ2n) is 11.3. The summed E-state index contributed by atoms with van der Waals surface area (Å²) in [5.41, 5.74) is 1.87. The molecule has 3 rings (SSSR count). The zero-order valence-corrected chi connectivity index (χ0v) is 22.4. The molecule has 0 aromatic heterocycles. The van der Waals surface area contributed by atoms with Gasteiger partial charge >= 0.3 is 0 Å². The summed E-state index contributed by atoms with van der Waals surface area (Å²) in [6.07, 6.45) is 38.5. The van der Waals surface area contributed by atoms with Gasteiger partial charge < -0.3 is 0 Å². The summed E-state index contributed by atoms with van der Waals surface area (Å²) < 4.78 is 0. The molecule has 0 saturated carbocycles. The number of fused-ring (bicyclic) bond motifs is 2. The second kappa shape index (κ2) is 12.8. The molecular weight excluding hydrogens is 400 g/mol. The molecule has 3 unspecified atom stereocenters. The maximum atomic E-state index is 2.59. The molecule has 0 amide bonds. The minimum Gasteiger partial charge on any atom is -0.0776 e. The van der Waals surface area contributed by atoms with Crippen molar-refractivity contribution in [2.45, 2.75) is 97.2 Å². The van der Waals surface area contributed by atoms with E-state index in [0.29, 0.717) is 17.8 Å². The van der Waals surface area contributed by atoms with Gasteiger partial charge in [-0.3, -0.25) is 0 Å². The highest BCUT2D eigenvalue weighted by Gasteiger charge is 2.43. The Kier molecular flexibility index (Phi) is 10.1. The minimum atomic E-state index is -1.33. The van der Waals surface area contributed by atoms with Crippen LogP contribution in [-0.4, -0.2) is 8.07 Å². The van der Waals surface area contributed by atoms with Gasteiger partial charge in [-0.1, -0.05) is 143 Å². The quantitative estimate of drug-likeness (QED) is 0.194. The topological polar surface area (TPSA) is 0 Å². The van der Waals surface area contributed by atoms with Crippen molar-refractivity contribution in [1.29, 1.82) is 0 Å². The molecule has 0 spiro atoms. The minimum absolute atomic E-state index is 0.620. The molecule has 0 aliphatic heterocycles. The molecule has 32 heavy (non-hydrogen) atoms. The third-order valence-corrected chi connectivity index (χ3v) is 10.0. The lowest BCUT2D eigenvalue weighted by molar-refractivity contribution is 0.362. The first kappa shape index (κ1) is 25.3. The Labute approximate surface area is 200 Å². The van der Waals surface area contributed by atoms with E-state index in [2.05, 4.69) is 87.3 Å². The highest BCUT2D eigenvalue weighted by molar-refractivity contribution is 6.83. The van der Waals surface area contributed by atoms with Crippen molar-refractivity contribution in [3.63, 3.8) is 0 Å². The van der Waals surface area contributed by atoms with E-state index in [0.717, 1.165) is 5.92 Å². The Hall–Kier alpha value is -1.34. The standard InChI is InChI=1S/C31H48Si/c1-5-6-7-8-9-14-24-29-28-23-17-18-25-30(31(29)32(2,3)4)27(28)22-16-15-21-26-19-12-10-11-13-20-26/h10-13,17-20,23,25-28,30H,5-9,14-16,21-22,24H2,1-4H3. The Balaban J connectivity index is 1.61. The van der Waals surface area contributed by atoms with Gasteiger partial charge in [0.2, 0.25) is 0 Å². The number of hydrogen-bond acceptors (Lipinski definition) is 0. The van der Waals surface area contributed by atoms with Crippen LogP contribution in [0.15, 0.2) is 71.5 Å². The summed E-state index contributed by atoms with van der Waals surface area (Å²) >= 11 is 0. The fraction of sp³-hybridized carbons (Fsp3) is 0.613. The van der Waals surface area contributed by atoms with Crippen LogP contribution in [0.1, 0.15) is 77.6 Å². The summed E-state index contributed by atoms with van der Waals surface area (Å²) in [7, 11) is -1.33. The summed E-state index contributed by atoms with van der Waals surface area (Å²) in [5, 5.41) is 1.92. The molecule has 1 heteroatoms. The van der Waals surface area contributed by atoms with Crippen LogP contribution in [-0.2, 0) is 0 Å². The Morgan fingerprint density at radius 2 is 1.22 bits per heavy atom. The summed E-state index contributed by atoms with van der Waals surface area (Å²) in [6, 6.07) is 0. The van der Waals surface area contributed by atoms with Crippen molar-refractivity contribution >= 4 is 8.07 Å². The van der Waals surface area contributed by atoms with E-state index < -0.39 is 8.07 Å². The second-order valence-corrected chi connectivity index (χ2v) is 16.3. The molecule has 3 aliphatic rings. The first-order valence-corrected chi connectivity index (χ1v) is 17.1. The van der Waals surface area contributed by atoms with Gasteiger partial charge in [0.15, 0.2) is 0 Å². The predicted molar refractivity (Wildman–Crippen MR) is 146 cm³/mol. The molecule has 0 heterocycles. The van der Waals surface area contributed by atoms with Crippen LogP contribution in [0.25, 0.3) is 0 Å². The Bertz CT molecular complexity index is 736. The molecule has 0 aromatic carbocycles. The van der Waals surface area contributed by atoms with Crippen molar-refractivity contribution in [2.24, 2.45) is 23.7 Å². The number of unbranched alkanes of at least 4 members (excludes halogenated alkanes) is 6. The van der Waals surface area contributed by atoms with Gasteiger partial charge in [0.25, 0.3) is 0 Å². The summed E-state index contributed by atoms with van der Waals surface area (Å²) in [4.78, 5) is 0. The normalized spacial score (nSPS) is 25.1. The SMILES string of the molecule is CCCCCCCCC1=C([Si](C)(C)C)C2C=CC=CC1C2CCCCC1C=CC=CC=C1. The van der Waals surface area contributed by atoms with E-state index in [1.807, 2.05) is 10.8 Å². The van der Waals surface area contributed by atoms with E-state index in [-0.39, 0.29) is 0 Å². The third-order valence-electron chi connectivity index (χ3n) is 7.73. The van der Waals surface area contributed by atoms with E-state index in [1.165, 1.54) is 70.6 Å². The Morgan fingerprint density at radius 3 is 1.91 bits per heavy atom. The zero-order valence-electron chi connectivity index (χ0n) is 21.4. The van der Waals surface area contributed by atoms with E-state index >= 15 is 0 Å². The molecule has 0 fully saturated rings. The van der Waals surface area contributed by atoms with Crippen LogP contribution in [0.2, 0.25) is 19.6 Å². The maximum Gasteiger partial charge on any atom is 0.0732 e. The van der Waals surface area contributed by atoms with Gasteiger partial charge in [0.05, 0.1) is 8.07 Å². The highest BCUT2D eigenvalue weighted by atomic mass is 28.3. The number of allylic oxidation sites excluding steroid dienone is 12. The fourth-order valence-corrected chi connectivity index (χ4v) is 8.82. The molecule has 3 aliphatic carbocycles. The van der Waals surface area contributed by atoms with Crippen LogP contribution >= 0.6 is 0 Å². The van der Waals surface area contributed by atoms with E-state index in [1.54, 1.807) is 0 Å². The fourth-order valence-electron chi connectivity index (χ4n) is 6.25. The average molecular weight is 449 g/mol. The summed E-state index contributed by atoms with van der Waals surface area (Å²) in [5.74, 6) is 2.84. The van der Waals surface area contributed by atoms with Gasteiger partial charge in [-0.25, -0.2) is 0 Å². The van der Waals surface area contributed by atoms with Gasteiger partial charge in [0.1, 0.15) is 0 Å². The van der Waals surface area contributed by atoms with Crippen molar-refractivity contribution in [3.8, 4) is 0 Å². The lowest BCUT2D eigenvalue weighted by Crippen LogP contribution is -2.29. The molecule has 0 N–H and O–H groups in total. The lowest BCUT2D eigenvalue weighted by atomic mass is 9.81. The lowest BCUT2D eigenvalue weighted by Gasteiger charge is -2.28. The van der Waals surface area contributed by atoms with Crippen LogP contribution in [0.3, 0.4) is 0 Å². The van der Waals surface area contributed by atoms with Crippen LogP contribution in [0.4, 0.5) is 0 Å². The van der Waals surface area contributed by atoms with Crippen LogP contribution < -0.4 is 0 Å².